The van der Waals surface area contributed by atoms with E-state index in [9.17, 15) is 4.79 Å². The molecule has 0 bridgehead atoms. The van der Waals surface area contributed by atoms with Gasteiger partial charge in [-0.15, -0.1) is 0 Å². The van der Waals surface area contributed by atoms with Crippen molar-refractivity contribution >= 4 is 5.91 Å². The minimum absolute atomic E-state index is 0.0376. The standard InChI is InChI=1S/C11H21N3O/c1-14(2)10(4-3-5-10)8-13-9(15)11(12)6-7-11/h3-8,12H2,1-2H3,(H,13,15). The fourth-order valence-corrected chi connectivity index (χ4v) is 2.15. The molecule has 4 heteroatoms. The van der Waals surface area contributed by atoms with Crippen LogP contribution in [0.2, 0.25) is 0 Å². The van der Waals surface area contributed by atoms with Crippen LogP contribution in [0.1, 0.15) is 32.1 Å². The van der Waals surface area contributed by atoms with Gasteiger partial charge in [-0.1, -0.05) is 0 Å². The average molecular weight is 211 g/mol. The molecule has 4 nitrogen and oxygen atoms in total. The molecule has 15 heavy (non-hydrogen) atoms. The highest BCUT2D eigenvalue weighted by molar-refractivity contribution is 5.89. The second-order valence-electron chi connectivity index (χ2n) is 5.31. The summed E-state index contributed by atoms with van der Waals surface area (Å²) in [7, 11) is 4.17. The molecule has 0 heterocycles. The number of hydrogen-bond donors (Lipinski definition) is 2. The van der Waals surface area contributed by atoms with Crippen LogP contribution in [0.25, 0.3) is 0 Å². The van der Waals surface area contributed by atoms with Crippen LogP contribution in [0.5, 0.6) is 0 Å². The molecule has 0 saturated heterocycles. The van der Waals surface area contributed by atoms with Crippen molar-refractivity contribution in [1.82, 2.24) is 10.2 Å². The summed E-state index contributed by atoms with van der Waals surface area (Å²) in [6.45, 7) is 0.748. The molecule has 2 aliphatic carbocycles. The topological polar surface area (TPSA) is 58.4 Å². The van der Waals surface area contributed by atoms with Crippen molar-refractivity contribution in [2.45, 2.75) is 43.2 Å². The van der Waals surface area contributed by atoms with E-state index < -0.39 is 5.54 Å². The molecule has 1 amide bonds. The lowest BCUT2D eigenvalue weighted by Crippen LogP contribution is -2.59. The monoisotopic (exact) mass is 211 g/mol. The van der Waals surface area contributed by atoms with Crippen molar-refractivity contribution in [2.75, 3.05) is 20.6 Å². The summed E-state index contributed by atoms with van der Waals surface area (Å²) in [5, 5.41) is 3.00. The maximum absolute atomic E-state index is 11.7. The summed E-state index contributed by atoms with van der Waals surface area (Å²) in [6.07, 6.45) is 5.30. The van der Waals surface area contributed by atoms with Crippen LogP contribution in [0, 0.1) is 0 Å². The van der Waals surface area contributed by atoms with Crippen LogP contribution in [0.3, 0.4) is 0 Å². The summed E-state index contributed by atoms with van der Waals surface area (Å²) in [5.41, 5.74) is 5.49. The highest BCUT2D eigenvalue weighted by atomic mass is 16.2. The number of nitrogens with zero attached hydrogens (tertiary/aromatic N) is 1. The first-order chi connectivity index (χ1) is 6.99. The van der Waals surface area contributed by atoms with E-state index >= 15 is 0 Å². The van der Waals surface area contributed by atoms with Crippen molar-refractivity contribution in [3.05, 3.63) is 0 Å². The first kappa shape index (κ1) is 10.9. The lowest BCUT2D eigenvalue weighted by Gasteiger charge is -2.47. The van der Waals surface area contributed by atoms with E-state index in [-0.39, 0.29) is 11.4 Å². The van der Waals surface area contributed by atoms with Crippen LogP contribution in [-0.4, -0.2) is 42.5 Å². The molecule has 0 aromatic rings. The van der Waals surface area contributed by atoms with Crippen LogP contribution in [0.4, 0.5) is 0 Å². The summed E-state index contributed by atoms with van der Waals surface area (Å²) in [4.78, 5) is 13.9. The zero-order valence-corrected chi connectivity index (χ0v) is 9.68. The van der Waals surface area contributed by atoms with Crippen molar-refractivity contribution in [1.29, 1.82) is 0 Å². The fourth-order valence-electron chi connectivity index (χ4n) is 2.15. The van der Waals surface area contributed by atoms with Crippen molar-refractivity contribution < 1.29 is 4.79 Å². The molecular formula is C11H21N3O. The van der Waals surface area contributed by atoms with Gasteiger partial charge in [0.2, 0.25) is 5.91 Å². The van der Waals surface area contributed by atoms with Gasteiger partial charge in [-0.25, -0.2) is 0 Å². The van der Waals surface area contributed by atoms with Crippen molar-refractivity contribution in [3.63, 3.8) is 0 Å². The van der Waals surface area contributed by atoms with Crippen LogP contribution in [-0.2, 0) is 4.79 Å². The molecule has 0 aliphatic heterocycles. The number of likely N-dealkylation sites (N-methyl/N-ethyl adjacent to an activating group) is 1. The minimum atomic E-state index is -0.531. The SMILES string of the molecule is CN(C)C1(CNC(=O)C2(N)CC2)CCC1. The van der Waals surface area contributed by atoms with Gasteiger partial charge < -0.3 is 16.0 Å². The molecule has 0 aromatic carbocycles. The van der Waals surface area contributed by atoms with Crippen molar-refractivity contribution in [2.24, 2.45) is 5.73 Å². The number of carbonyl (C=O) groups excluding carboxylic acids is 1. The second-order valence-corrected chi connectivity index (χ2v) is 5.31. The van der Waals surface area contributed by atoms with E-state index in [1.165, 1.54) is 19.3 Å². The number of carbonyl (C=O) groups is 1. The molecule has 0 spiro atoms. The van der Waals surface area contributed by atoms with E-state index in [1.807, 2.05) is 0 Å². The van der Waals surface area contributed by atoms with E-state index in [0.29, 0.717) is 0 Å². The molecule has 3 N–H and O–H groups in total. The van der Waals surface area contributed by atoms with Gasteiger partial charge >= 0.3 is 0 Å². The third kappa shape index (κ3) is 1.88. The Bertz CT molecular complexity index is 267. The Morgan fingerprint density at radius 1 is 1.33 bits per heavy atom. The number of nitrogens with one attached hydrogen (secondary N) is 1. The van der Waals surface area contributed by atoms with E-state index in [4.69, 9.17) is 5.73 Å². The summed E-state index contributed by atoms with van der Waals surface area (Å²) in [5.74, 6) is 0.0376. The van der Waals surface area contributed by atoms with Gasteiger partial charge in [0.1, 0.15) is 0 Å². The Balaban J connectivity index is 1.84. The summed E-state index contributed by atoms with van der Waals surface area (Å²) < 4.78 is 0. The molecule has 0 aromatic heterocycles. The van der Waals surface area contributed by atoms with Gasteiger partial charge in [0.15, 0.2) is 0 Å². The molecule has 0 unspecified atom stereocenters. The summed E-state index contributed by atoms with van der Waals surface area (Å²) >= 11 is 0. The highest BCUT2D eigenvalue weighted by Gasteiger charge is 2.47. The Kier molecular flexibility index (Phi) is 2.51. The third-order valence-corrected chi connectivity index (χ3v) is 4.05. The van der Waals surface area contributed by atoms with Crippen LogP contribution in [0.15, 0.2) is 0 Å². The van der Waals surface area contributed by atoms with Gasteiger partial charge in [0.05, 0.1) is 5.54 Å². The predicted molar refractivity (Wildman–Crippen MR) is 59.4 cm³/mol. The minimum Gasteiger partial charge on any atom is -0.353 e. The largest absolute Gasteiger partial charge is 0.353 e. The first-order valence-corrected chi connectivity index (χ1v) is 5.73. The first-order valence-electron chi connectivity index (χ1n) is 5.73. The Hall–Kier alpha value is -0.610. The lowest BCUT2D eigenvalue weighted by atomic mass is 9.75. The van der Waals surface area contributed by atoms with E-state index in [1.54, 1.807) is 0 Å². The fraction of sp³-hybridized carbons (Fsp3) is 0.909. The van der Waals surface area contributed by atoms with Gasteiger partial charge in [0, 0.05) is 12.1 Å². The van der Waals surface area contributed by atoms with Gasteiger partial charge in [0.25, 0.3) is 0 Å². The summed E-state index contributed by atoms with van der Waals surface area (Å²) in [6, 6.07) is 0. The van der Waals surface area contributed by atoms with E-state index in [2.05, 4.69) is 24.3 Å². The van der Waals surface area contributed by atoms with E-state index in [0.717, 1.165) is 19.4 Å². The quantitative estimate of drug-likeness (QED) is 0.692. The lowest BCUT2D eigenvalue weighted by molar-refractivity contribution is -0.124. The molecule has 2 aliphatic rings. The molecule has 2 fully saturated rings. The Labute approximate surface area is 91.2 Å². The number of hydrogen-bond acceptors (Lipinski definition) is 3. The van der Waals surface area contributed by atoms with Crippen LogP contribution >= 0.6 is 0 Å². The number of rotatable bonds is 4. The molecule has 2 rings (SSSR count). The van der Waals surface area contributed by atoms with Crippen molar-refractivity contribution in [3.8, 4) is 0 Å². The molecule has 0 atom stereocenters. The number of nitrogens with two attached hydrogens (primary N) is 1. The molecule has 0 radical (unpaired) electrons. The highest BCUT2D eigenvalue weighted by Crippen LogP contribution is 2.36. The second kappa shape index (κ2) is 3.46. The third-order valence-electron chi connectivity index (χ3n) is 4.05. The Morgan fingerprint density at radius 2 is 1.93 bits per heavy atom. The number of amides is 1. The van der Waals surface area contributed by atoms with Crippen LogP contribution < -0.4 is 11.1 Å². The molecule has 86 valence electrons. The molecule has 2 saturated carbocycles. The Morgan fingerprint density at radius 3 is 2.27 bits per heavy atom. The molecular weight excluding hydrogens is 190 g/mol. The average Bonchev–Trinajstić information content (AvgIpc) is 2.82. The van der Waals surface area contributed by atoms with Gasteiger partial charge in [-0.3, -0.25) is 4.79 Å². The maximum Gasteiger partial charge on any atom is 0.240 e. The van der Waals surface area contributed by atoms with Gasteiger partial charge in [-0.05, 0) is 46.2 Å². The predicted octanol–water partition coefficient (Wildman–Crippen LogP) is 0.0782. The smallest absolute Gasteiger partial charge is 0.240 e. The van der Waals surface area contributed by atoms with Gasteiger partial charge in [-0.2, -0.15) is 0 Å². The zero-order chi connectivity index (χ0) is 11.1. The normalized spacial score (nSPS) is 25.9. The zero-order valence-electron chi connectivity index (χ0n) is 9.68. The maximum atomic E-state index is 11.7.